The lowest BCUT2D eigenvalue weighted by molar-refractivity contribution is 0.129. The minimum atomic E-state index is 0.314. The number of fused-ring (bicyclic) bond motifs is 1. The van der Waals surface area contributed by atoms with Crippen LogP contribution in [-0.2, 0) is 4.74 Å². The van der Waals surface area contributed by atoms with Crippen LogP contribution < -0.4 is 5.73 Å². The van der Waals surface area contributed by atoms with Gasteiger partial charge in [0.05, 0.1) is 6.04 Å². The van der Waals surface area contributed by atoms with Gasteiger partial charge in [-0.05, 0) is 25.7 Å². The van der Waals surface area contributed by atoms with Crippen molar-refractivity contribution in [1.82, 2.24) is 0 Å². The fourth-order valence-electron chi connectivity index (χ4n) is 2.62. The standard InChI is InChI=1S/C11H18N2O/c12-8-4-5-9-10(6-8)14-11(13-9)7-2-1-3-7/h7-10H,1-6,12H2. The highest BCUT2D eigenvalue weighted by molar-refractivity contribution is 5.81. The van der Waals surface area contributed by atoms with Crippen LogP contribution >= 0.6 is 0 Å². The van der Waals surface area contributed by atoms with Crippen molar-refractivity contribution in [3.05, 3.63) is 0 Å². The third kappa shape index (κ3) is 1.34. The van der Waals surface area contributed by atoms with Crippen LogP contribution in [0.5, 0.6) is 0 Å². The van der Waals surface area contributed by atoms with Crippen LogP contribution in [0.3, 0.4) is 0 Å². The van der Waals surface area contributed by atoms with Gasteiger partial charge in [-0.1, -0.05) is 6.42 Å². The van der Waals surface area contributed by atoms with E-state index in [1.54, 1.807) is 0 Å². The molecular weight excluding hydrogens is 176 g/mol. The van der Waals surface area contributed by atoms with E-state index in [0.29, 0.717) is 24.1 Å². The zero-order chi connectivity index (χ0) is 9.54. The van der Waals surface area contributed by atoms with Gasteiger partial charge >= 0.3 is 0 Å². The van der Waals surface area contributed by atoms with E-state index in [1.165, 1.54) is 19.3 Å². The molecule has 3 aliphatic rings. The number of aliphatic imine (C=N–C) groups is 1. The number of hydrogen-bond donors (Lipinski definition) is 1. The zero-order valence-electron chi connectivity index (χ0n) is 8.48. The molecule has 3 heteroatoms. The van der Waals surface area contributed by atoms with Crippen LogP contribution in [0.25, 0.3) is 0 Å². The molecule has 0 aromatic heterocycles. The summed E-state index contributed by atoms with van der Waals surface area (Å²) in [6.07, 6.45) is 7.48. The molecule has 1 aliphatic heterocycles. The molecule has 0 bridgehead atoms. The molecule has 0 amide bonds. The molecular formula is C11H18N2O. The van der Waals surface area contributed by atoms with Crippen LogP contribution in [0.4, 0.5) is 0 Å². The van der Waals surface area contributed by atoms with Gasteiger partial charge in [-0.2, -0.15) is 0 Å². The van der Waals surface area contributed by atoms with E-state index in [2.05, 4.69) is 0 Å². The van der Waals surface area contributed by atoms with E-state index in [9.17, 15) is 0 Å². The molecule has 0 saturated heterocycles. The van der Waals surface area contributed by atoms with E-state index in [1.807, 2.05) is 0 Å². The second-order valence-electron chi connectivity index (χ2n) is 4.89. The maximum Gasteiger partial charge on any atom is 0.187 e. The second-order valence-corrected chi connectivity index (χ2v) is 4.89. The quantitative estimate of drug-likeness (QED) is 0.687. The lowest BCUT2D eigenvalue weighted by Crippen LogP contribution is -2.38. The van der Waals surface area contributed by atoms with Gasteiger partial charge in [0.2, 0.25) is 0 Å². The van der Waals surface area contributed by atoms with Gasteiger partial charge in [0.25, 0.3) is 0 Å². The molecule has 0 aromatic carbocycles. The van der Waals surface area contributed by atoms with Gasteiger partial charge in [-0.3, -0.25) is 0 Å². The van der Waals surface area contributed by atoms with Crippen LogP contribution in [-0.4, -0.2) is 24.1 Å². The molecule has 14 heavy (non-hydrogen) atoms. The molecule has 0 aromatic rings. The summed E-state index contributed by atoms with van der Waals surface area (Å²) in [7, 11) is 0. The molecule has 0 spiro atoms. The van der Waals surface area contributed by atoms with Gasteiger partial charge in [-0.25, -0.2) is 4.99 Å². The molecule has 3 nitrogen and oxygen atoms in total. The highest BCUT2D eigenvalue weighted by Crippen LogP contribution is 2.35. The highest BCUT2D eigenvalue weighted by Gasteiger charge is 2.39. The molecule has 1 heterocycles. The van der Waals surface area contributed by atoms with Crippen LogP contribution in [0, 0.1) is 5.92 Å². The van der Waals surface area contributed by atoms with Gasteiger partial charge in [-0.15, -0.1) is 0 Å². The van der Waals surface area contributed by atoms with Gasteiger partial charge < -0.3 is 10.5 Å². The first-order chi connectivity index (χ1) is 6.83. The zero-order valence-corrected chi connectivity index (χ0v) is 8.48. The van der Waals surface area contributed by atoms with Gasteiger partial charge in [0.1, 0.15) is 6.10 Å². The third-order valence-electron chi connectivity index (χ3n) is 3.82. The first kappa shape index (κ1) is 8.72. The largest absolute Gasteiger partial charge is 0.475 e. The van der Waals surface area contributed by atoms with Crippen molar-refractivity contribution in [1.29, 1.82) is 0 Å². The van der Waals surface area contributed by atoms with Gasteiger partial charge in [0.15, 0.2) is 5.90 Å². The Kier molecular flexibility index (Phi) is 2.01. The predicted octanol–water partition coefficient (Wildman–Crippen LogP) is 1.46. The number of ether oxygens (including phenoxy) is 1. The van der Waals surface area contributed by atoms with Crippen molar-refractivity contribution < 1.29 is 4.74 Å². The van der Waals surface area contributed by atoms with E-state index in [0.717, 1.165) is 25.2 Å². The fraction of sp³-hybridized carbons (Fsp3) is 0.909. The van der Waals surface area contributed by atoms with Crippen molar-refractivity contribution in [3.63, 3.8) is 0 Å². The van der Waals surface area contributed by atoms with Crippen LogP contribution in [0.15, 0.2) is 4.99 Å². The Labute approximate surface area is 84.7 Å². The molecule has 2 fully saturated rings. The van der Waals surface area contributed by atoms with Crippen molar-refractivity contribution in [2.45, 2.75) is 56.7 Å². The van der Waals surface area contributed by atoms with E-state index < -0.39 is 0 Å². The Hall–Kier alpha value is -0.570. The average molecular weight is 194 g/mol. The third-order valence-corrected chi connectivity index (χ3v) is 3.82. The molecule has 3 unspecified atom stereocenters. The van der Waals surface area contributed by atoms with Crippen LogP contribution in [0.2, 0.25) is 0 Å². The summed E-state index contributed by atoms with van der Waals surface area (Å²) in [5, 5.41) is 0. The molecule has 2 saturated carbocycles. The molecule has 2 aliphatic carbocycles. The summed E-state index contributed by atoms with van der Waals surface area (Å²) >= 11 is 0. The number of nitrogens with zero attached hydrogens (tertiary/aromatic N) is 1. The maximum atomic E-state index is 5.93. The summed E-state index contributed by atoms with van der Waals surface area (Å²) in [4.78, 5) is 4.71. The van der Waals surface area contributed by atoms with E-state index in [4.69, 9.17) is 15.5 Å². The van der Waals surface area contributed by atoms with Crippen molar-refractivity contribution in [3.8, 4) is 0 Å². The Morgan fingerprint density at radius 1 is 1.21 bits per heavy atom. The van der Waals surface area contributed by atoms with Crippen molar-refractivity contribution in [2.24, 2.45) is 16.6 Å². The minimum Gasteiger partial charge on any atom is -0.475 e. The second kappa shape index (κ2) is 3.23. The lowest BCUT2D eigenvalue weighted by atomic mass is 9.85. The Morgan fingerprint density at radius 2 is 2.07 bits per heavy atom. The first-order valence-electron chi connectivity index (χ1n) is 5.83. The summed E-state index contributed by atoms with van der Waals surface area (Å²) in [6, 6.07) is 0.776. The molecule has 2 N–H and O–H groups in total. The topological polar surface area (TPSA) is 47.6 Å². The number of rotatable bonds is 1. The average Bonchev–Trinajstić information content (AvgIpc) is 2.43. The van der Waals surface area contributed by atoms with Crippen molar-refractivity contribution >= 4 is 5.90 Å². The Morgan fingerprint density at radius 3 is 2.79 bits per heavy atom. The SMILES string of the molecule is NC1CCC2N=C(C3CCC3)OC2C1. The number of nitrogens with two attached hydrogens (primary N) is 1. The predicted molar refractivity (Wildman–Crippen MR) is 55.3 cm³/mol. The summed E-state index contributed by atoms with van der Waals surface area (Å²) in [5.41, 5.74) is 5.93. The van der Waals surface area contributed by atoms with E-state index in [-0.39, 0.29) is 0 Å². The molecule has 78 valence electrons. The van der Waals surface area contributed by atoms with Gasteiger partial charge in [0, 0.05) is 18.4 Å². The maximum absolute atomic E-state index is 5.93. The first-order valence-corrected chi connectivity index (χ1v) is 5.83. The Bertz CT molecular complexity index is 260. The Balaban J connectivity index is 1.68. The summed E-state index contributed by atoms with van der Waals surface area (Å²) in [6.45, 7) is 0. The molecule has 3 atom stereocenters. The molecule has 3 rings (SSSR count). The highest BCUT2D eigenvalue weighted by atomic mass is 16.5. The summed E-state index contributed by atoms with van der Waals surface area (Å²) in [5.74, 6) is 1.71. The fourth-order valence-corrected chi connectivity index (χ4v) is 2.62. The smallest absolute Gasteiger partial charge is 0.187 e. The number of hydrogen-bond acceptors (Lipinski definition) is 3. The van der Waals surface area contributed by atoms with Crippen molar-refractivity contribution in [2.75, 3.05) is 0 Å². The lowest BCUT2D eigenvalue weighted by Gasteiger charge is -2.28. The monoisotopic (exact) mass is 194 g/mol. The molecule has 0 radical (unpaired) electrons. The van der Waals surface area contributed by atoms with E-state index >= 15 is 0 Å². The normalized spacial score (nSPS) is 42.4. The summed E-state index contributed by atoms with van der Waals surface area (Å²) < 4.78 is 5.91. The minimum absolute atomic E-state index is 0.314. The van der Waals surface area contributed by atoms with Crippen LogP contribution in [0.1, 0.15) is 38.5 Å².